The Morgan fingerprint density at radius 1 is 1.17 bits per heavy atom. The summed E-state index contributed by atoms with van der Waals surface area (Å²) in [6, 6.07) is 0. The quantitative estimate of drug-likeness (QED) is 0.402. The van der Waals surface area contributed by atoms with Crippen molar-refractivity contribution in [3.63, 3.8) is 0 Å². The number of unbranched alkanes of at least 4 members (excludes halogenated alkanes) is 4. The minimum Gasteiger partial charge on any atom is -0.453 e. The number of sulfonamides is 1. The second-order valence-electron chi connectivity index (χ2n) is 4.90. The fraction of sp³-hybridized carbons (Fsp3) is 0.667. The lowest BCUT2D eigenvalue weighted by Gasteiger charge is -2.04. The molecule has 0 aliphatic heterocycles. The van der Waals surface area contributed by atoms with Gasteiger partial charge in [-0.1, -0.05) is 30.6 Å². The summed E-state index contributed by atoms with van der Waals surface area (Å²) in [5.74, 6) is -0.250. The molecule has 1 heterocycles. The number of alkyl carbamates (subject to hydrolysis) is 1. The van der Waals surface area contributed by atoms with Gasteiger partial charge in [-0.2, -0.15) is 0 Å². The van der Waals surface area contributed by atoms with Gasteiger partial charge in [-0.25, -0.2) is 18.4 Å². The number of amides is 2. The Morgan fingerprint density at radius 3 is 2.46 bits per heavy atom. The molecule has 136 valence electrons. The molecule has 0 aromatic carbocycles. The summed E-state index contributed by atoms with van der Waals surface area (Å²) in [6.07, 6.45) is 4.20. The molecule has 1 aromatic heterocycles. The molecule has 0 radical (unpaired) electrons. The third-order valence-electron chi connectivity index (χ3n) is 2.93. The second-order valence-corrected chi connectivity index (χ2v) is 7.62. The van der Waals surface area contributed by atoms with Crippen LogP contribution in [-0.4, -0.2) is 44.3 Å². The second kappa shape index (κ2) is 10.2. The number of nitrogens with one attached hydrogen (secondary N) is 2. The smallest absolute Gasteiger partial charge is 0.406 e. The van der Waals surface area contributed by atoms with E-state index < -0.39 is 16.1 Å². The van der Waals surface area contributed by atoms with Crippen LogP contribution in [0.2, 0.25) is 0 Å². The molecule has 0 atom stereocenters. The molecule has 10 nitrogen and oxygen atoms in total. The Morgan fingerprint density at radius 2 is 1.83 bits per heavy atom. The number of hydrogen-bond donors (Lipinski definition) is 3. The highest BCUT2D eigenvalue weighted by molar-refractivity contribution is 7.91. The first-order valence-electron chi connectivity index (χ1n) is 7.31. The first-order valence-corrected chi connectivity index (χ1v) is 9.67. The number of carbonyl (C=O) groups excluding carboxylic acids is 2. The van der Waals surface area contributed by atoms with Crippen LogP contribution in [0.3, 0.4) is 0 Å². The zero-order valence-corrected chi connectivity index (χ0v) is 14.9. The van der Waals surface area contributed by atoms with Crippen molar-refractivity contribution in [1.29, 1.82) is 0 Å². The summed E-state index contributed by atoms with van der Waals surface area (Å²) in [6.45, 7) is 0.566. The van der Waals surface area contributed by atoms with Gasteiger partial charge in [-0.05, 0) is 12.8 Å². The highest BCUT2D eigenvalue weighted by atomic mass is 32.2. The van der Waals surface area contributed by atoms with E-state index in [2.05, 4.69) is 25.6 Å². The van der Waals surface area contributed by atoms with Gasteiger partial charge in [-0.3, -0.25) is 4.79 Å². The third-order valence-corrected chi connectivity index (χ3v) is 5.08. The molecule has 24 heavy (non-hydrogen) atoms. The van der Waals surface area contributed by atoms with Crippen LogP contribution in [0, 0.1) is 0 Å². The molecule has 0 aliphatic rings. The number of anilines is 1. The van der Waals surface area contributed by atoms with Crippen LogP contribution in [0.25, 0.3) is 0 Å². The molecule has 0 saturated carbocycles. The first kappa shape index (κ1) is 20.3. The zero-order chi connectivity index (χ0) is 18.0. The fourth-order valence-corrected chi connectivity index (χ4v) is 3.11. The van der Waals surface area contributed by atoms with Gasteiger partial charge in [0.1, 0.15) is 0 Å². The van der Waals surface area contributed by atoms with Crippen LogP contribution < -0.4 is 15.8 Å². The van der Waals surface area contributed by atoms with Crippen LogP contribution in [0.15, 0.2) is 4.34 Å². The normalized spacial score (nSPS) is 11.1. The molecule has 1 rings (SSSR count). The number of primary sulfonamides is 1. The standard InChI is InChI=1S/C12H21N5O5S2/c1-22-11(19)14-8-6-4-2-3-5-7-9(18)15-10-16-17-12(23-10)24(13,20)21/h2-8H2,1H3,(H,14,19)(H2,13,20,21)(H,15,16,18). The maximum atomic E-state index is 11.7. The number of ether oxygens (including phenoxy) is 1. The topological polar surface area (TPSA) is 153 Å². The summed E-state index contributed by atoms with van der Waals surface area (Å²) >= 11 is 0.713. The Bertz CT molecular complexity index is 646. The van der Waals surface area contributed by atoms with Crippen LogP contribution in [0.5, 0.6) is 0 Å². The van der Waals surface area contributed by atoms with E-state index in [-0.39, 0.29) is 15.4 Å². The number of aromatic nitrogens is 2. The lowest BCUT2D eigenvalue weighted by atomic mass is 10.1. The summed E-state index contributed by atoms with van der Waals surface area (Å²) in [5, 5.41) is 17.1. The van der Waals surface area contributed by atoms with Gasteiger partial charge in [0.2, 0.25) is 15.4 Å². The van der Waals surface area contributed by atoms with Crippen molar-refractivity contribution in [2.75, 3.05) is 19.0 Å². The van der Waals surface area contributed by atoms with Crippen LogP contribution >= 0.6 is 11.3 Å². The summed E-state index contributed by atoms with van der Waals surface area (Å²) in [4.78, 5) is 22.5. The molecular weight excluding hydrogens is 358 g/mol. The van der Waals surface area contributed by atoms with E-state index in [0.29, 0.717) is 30.7 Å². The molecule has 0 unspecified atom stereocenters. The number of hydrogen-bond acceptors (Lipinski definition) is 8. The average molecular weight is 379 g/mol. The molecule has 1 aromatic rings. The third kappa shape index (κ3) is 8.17. The maximum absolute atomic E-state index is 11.7. The minimum absolute atomic E-state index is 0.109. The highest BCUT2D eigenvalue weighted by Crippen LogP contribution is 2.18. The van der Waals surface area contributed by atoms with Crippen molar-refractivity contribution in [2.24, 2.45) is 5.14 Å². The van der Waals surface area contributed by atoms with Gasteiger partial charge < -0.3 is 15.4 Å². The number of nitrogens with zero attached hydrogens (tertiary/aromatic N) is 2. The van der Waals surface area contributed by atoms with Crippen LogP contribution in [0.4, 0.5) is 9.93 Å². The molecule has 0 aliphatic carbocycles. The van der Waals surface area contributed by atoms with E-state index in [1.54, 1.807) is 0 Å². The first-order chi connectivity index (χ1) is 11.3. The van der Waals surface area contributed by atoms with Crippen molar-refractivity contribution in [3.05, 3.63) is 0 Å². The van der Waals surface area contributed by atoms with Crippen molar-refractivity contribution in [3.8, 4) is 0 Å². The zero-order valence-electron chi connectivity index (χ0n) is 13.3. The Balaban J connectivity index is 2.10. The number of carbonyl (C=O) groups is 2. The number of rotatable bonds is 10. The minimum atomic E-state index is -3.90. The molecule has 0 bridgehead atoms. The number of nitrogens with two attached hydrogens (primary N) is 1. The maximum Gasteiger partial charge on any atom is 0.406 e. The number of methoxy groups -OCH3 is 1. The largest absolute Gasteiger partial charge is 0.453 e. The molecule has 0 fully saturated rings. The molecule has 12 heteroatoms. The monoisotopic (exact) mass is 379 g/mol. The molecule has 4 N–H and O–H groups in total. The van der Waals surface area contributed by atoms with Gasteiger partial charge in [0, 0.05) is 13.0 Å². The van der Waals surface area contributed by atoms with Gasteiger partial charge in [0.15, 0.2) is 0 Å². The molecule has 0 spiro atoms. The SMILES string of the molecule is COC(=O)NCCCCCCCC(=O)Nc1nnc(S(N)(=O)=O)s1. The van der Waals surface area contributed by atoms with Gasteiger partial charge in [-0.15, -0.1) is 10.2 Å². The van der Waals surface area contributed by atoms with Crippen molar-refractivity contribution < 1.29 is 22.7 Å². The fourth-order valence-electron chi connectivity index (χ4n) is 1.76. The predicted octanol–water partition coefficient (Wildman–Crippen LogP) is 0.821. The van der Waals surface area contributed by atoms with Crippen LogP contribution in [0.1, 0.15) is 38.5 Å². The van der Waals surface area contributed by atoms with E-state index in [0.717, 1.165) is 25.7 Å². The van der Waals surface area contributed by atoms with Crippen molar-refractivity contribution in [2.45, 2.75) is 42.9 Å². The Labute approximate surface area is 144 Å². The Kier molecular flexibility index (Phi) is 8.57. The van der Waals surface area contributed by atoms with Gasteiger partial charge in [0.05, 0.1) is 7.11 Å². The van der Waals surface area contributed by atoms with Gasteiger partial charge >= 0.3 is 6.09 Å². The van der Waals surface area contributed by atoms with E-state index in [9.17, 15) is 18.0 Å². The van der Waals surface area contributed by atoms with Crippen LogP contribution in [-0.2, 0) is 19.6 Å². The van der Waals surface area contributed by atoms with E-state index in [4.69, 9.17) is 5.14 Å². The van der Waals surface area contributed by atoms with E-state index in [1.807, 2.05) is 0 Å². The van der Waals surface area contributed by atoms with Crippen molar-refractivity contribution >= 4 is 38.5 Å². The summed E-state index contributed by atoms with van der Waals surface area (Å²) in [5.41, 5.74) is 0. The molecular formula is C12H21N5O5S2. The summed E-state index contributed by atoms with van der Waals surface area (Å²) in [7, 11) is -2.58. The Hall–Kier alpha value is -1.79. The van der Waals surface area contributed by atoms with Gasteiger partial charge in [0.25, 0.3) is 10.0 Å². The van der Waals surface area contributed by atoms with Crippen molar-refractivity contribution in [1.82, 2.24) is 15.5 Å². The predicted molar refractivity (Wildman–Crippen MR) is 88.0 cm³/mol. The lowest BCUT2D eigenvalue weighted by molar-refractivity contribution is -0.116. The van der Waals surface area contributed by atoms with E-state index in [1.165, 1.54) is 7.11 Å². The summed E-state index contributed by atoms with van der Waals surface area (Å²) < 4.78 is 26.2. The highest BCUT2D eigenvalue weighted by Gasteiger charge is 2.16. The lowest BCUT2D eigenvalue weighted by Crippen LogP contribution is -2.23. The average Bonchev–Trinajstić information content (AvgIpc) is 2.98. The van der Waals surface area contributed by atoms with E-state index >= 15 is 0 Å². The molecule has 2 amide bonds. The molecule has 0 saturated heterocycles.